The van der Waals surface area contributed by atoms with E-state index in [-0.39, 0.29) is 6.10 Å². The number of aromatic nitrogens is 4. The third-order valence-corrected chi connectivity index (χ3v) is 7.01. The van der Waals surface area contributed by atoms with Gasteiger partial charge in [0.2, 0.25) is 11.8 Å². The number of ether oxygens (including phenoxy) is 1. The minimum atomic E-state index is -0.434. The van der Waals surface area contributed by atoms with Gasteiger partial charge in [-0.1, -0.05) is 0 Å². The van der Waals surface area contributed by atoms with Crippen LogP contribution in [-0.4, -0.2) is 43.0 Å². The number of aryl methyl sites for hydroxylation is 1. The number of hydrogen-bond donors (Lipinski definition) is 4. The van der Waals surface area contributed by atoms with Crippen molar-refractivity contribution in [3.05, 3.63) is 17.8 Å². The molecule has 0 amide bonds. The second-order valence-electron chi connectivity index (χ2n) is 9.66. The summed E-state index contributed by atoms with van der Waals surface area (Å²) in [6.45, 7) is 1.97. The van der Waals surface area contributed by atoms with Gasteiger partial charge in [-0.15, -0.1) is 0 Å². The monoisotopic (exact) mass is 396 g/mol. The molecule has 2 unspecified atom stereocenters. The maximum atomic E-state index is 10.8. The standard InChI is InChI=1S/C21H28N6O2/c1-11-4-17(27-26-11)22-16-7-18(29-15-2-3-15)24-20(23-16)25-19-13-5-12-6-14(19)10-21(28,8-12)9-13/h4,7,12-15,19,28H,2-3,5-6,8-10H2,1H3,(H3,22,23,24,25,26,27). The second kappa shape index (κ2) is 6.32. The molecule has 0 aromatic carbocycles. The SMILES string of the molecule is Cc1cc(Nc2cc(OC3CC3)nc(NC3C4CC5CC3CC(O)(C5)C4)n2)n[nH]1. The third kappa shape index (κ3) is 3.43. The molecule has 0 saturated heterocycles. The average Bonchev–Trinajstić information content (AvgIpc) is 3.36. The van der Waals surface area contributed by atoms with Crippen LogP contribution >= 0.6 is 0 Å². The van der Waals surface area contributed by atoms with Crippen molar-refractivity contribution < 1.29 is 9.84 Å². The highest BCUT2D eigenvalue weighted by Crippen LogP contribution is 2.56. The number of hydrogen-bond acceptors (Lipinski definition) is 7. The molecule has 7 rings (SSSR count). The molecule has 29 heavy (non-hydrogen) atoms. The van der Waals surface area contributed by atoms with Gasteiger partial charge < -0.3 is 20.5 Å². The van der Waals surface area contributed by atoms with E-state index in [0.29, 0.717) is 41.4 Å². The molecular weight excluding hydrogens is 368 g/mol. The molecule has 5 saturated carbocycles. The highest BCUT2D eigenvalue weighted by molar-refractivity contribution is 5.55. The van der Waals surface area contributed by atoms with Crippen LogP contribution in [0.2, 0.25) is 0 Å². The van der Waals surface area contributed by atoms with Crippen LogP contribution in [0.1, 0.15) is 50.6 Å². The van der Waals surface area contributed by atoms with E-state index in [4.69, 9.17) is 9.72 Å². The van der Waals surface area contributed by atoms with Crippen molar-refractivity contribution in [2.24, 2.45) is 17.8 Å². The summed E-state index contributed by atoms with van der Waals surface area (Å²) in [6, 6.07) is 4.10. The number of nitrogens with zero attached hydrogens (tertiary/aromatic N) is 3. The van der Waals surface area contributed by atoms with Crippen LogP contribution in [0.15, 0.2) is 12.1 Å². The van der Waals surface area contributed by atoms with Crippen molar-refractivity contribution in [2.45, 2.75) is 69.6 Å². The lowest BCUT2D eigenvalue weighted by Gasteiger charge is -2.58. The first-order valence-electron chi connectivity index (χ1n) is 10.9. The summed E-state index contributed by atoms with van der Waals surface area (Å²) >= 11 is 0. The minimum Gasteiger partial charge on any atom is -0.474 e. The Labute approximate surface area is 169 Å². The zero-order chi connectivity index (χ0) is 19.6. The van der Waals surface area contributed by atoms with Gasteiger partial charge >= 0.3 is 0 Å². The average molecular weight is 396 g/mol. The van der Waals surface area contributed by atoms with Gasteiger partial charge in [-0.25, -0.2) is 0 Å². The van der Waals surface area contributed by atoms with E-state index in [1.807, 2.05) is 19.1 Å². The molecule has 4 bridgehead atoms. The number of aromatic amines is 1. The number of anilines is 3. The molecule has 4 N–H and O–H groups in total. The lowest BCUT2D eigenvalue weighted by Crippen LogP contribution is -2.59. The van der Waals surface area contributed by atoms with Crippen molar-refractivity contribution >= 4 is 17.6 Å². The quantitative estimate of drug-likeness (QED) is 0.594. The number of rotatable bonds is 6. The molecule has 2 heterocycles. The smallest absolute Gasteiger partial charge is 0.228 e. The lowest BCUT2D eigenvalue weighted by atomic mass is 9.52. The Kier molecular flexibility index (Phi) is 3.82. The van der Waals surface area contributed by atoms with Crippen LogP contribution in [0.25, 0.3) is 0 Å². The summed E-state index contributed by atoms with van der Waals surface area (Å²) in [5.41, 5.74) is 0.553. The number of nitrogens with one attached hydrogen (secondary N) is 3. The maximum Gasteiger partial charge on any atom is 0.228 e. The molecule has 8 nitrogen and oxygen atoms in total. The Balaban J connectivity index is 1.26. The summed E-state index contributed by atoms with van der Waals surface area (Å²) in [5, 5.41) is 24.9. The van der Waals surface area contributed by atoms with Crippen LogP contribution < -0.4 is 15.4 Å². The summed E-state index contributed by atoms with van der Waals surface area (Å²) in [4.78, 5) is 9.36. The van der Waals surface area contributed by atoms with Gasteiger partial charge in [0.25, 0.3) is 0 Å². The first-order chi connectivity index (χ1) is 14.0. The van der Waals surface area contributed by atoms with Gasteiger partial charge in [-0.05, 0) is 69.6 Å². The fraction of sp³-hybridized carbons (Fsp3) is 0.667. The van der Waals surface area contributed by atoms with E-state index in [9.17, 15) is 5.11 Å². The molecule has 0 aliphatic heterocycles. The molecule has 0 spiro atoms. The van der Waals surface area contributed by atoms with Crippen LogP contribution in [-0.2, 0) is 0 Å². The first-order valence-corrected chi connectivity index (χ1v) is 10.9. The van der Waals surface area contributed by atoms with Gasteiger partial charge in [-0.3, -0.25) is 5.10 Å². The van der Waals surface area contributed by atoms with Crippen molar-refractivity contribution in [3.8, 4) is 5.88 Å². The molecule has 2 aromatic heterocycles. The van der Waals surface area contributed by atoms with Gasteiger partial charge in [0.15, 0.2) is 5.82 Å². The molecule has 154 valence electrons. The molecule has 8 heteroatoms. The Morgan fingerprint density at radius 1 is 1.10 bits per heavy atom. The fourth-order valence-corrected chi connectivity index (χ4v) is 5.95. The summed E-state index contributed by atoms with van der Waals surface area (Å²) in [7, 11) is 0. The summed E-state index contributed by atoms with van der Waals surface area (Å²) < 4.78 is 5.97. The van der Waals surface area contributed by atoms with Crippen LogP contribution in [0.4, 0.5) is 17.6 Å². The predicted octanol–water partition coefficient (Wildman–Crippen LogP) is 3.14. The predicted molar refractivity (Wildman–Crippen MR) is 108 cm³/mol. The van der Waals surface area contributed by atoms with Crippen molar-refractivity contribution in [3.63, 3.8) is 0 Å². The lowest BCUT2D eigenvalue weighted by molar-refractivity contribution is -0.129. The largest absolute Gasteiger partial charge is 0.474 e. The molecule has 2 atom stereocenters. The Bertz CT molecular complexity index is 910. The van der Waals surface area contributed by atoms with Crippen molar-refractivity contribution in [1.29, 1.82) is 0 Å². The van der Waals surface area contributed by atoms with E-state index in [2.05, 4.69) is 25.8 Å². The molecule has 2 aromatic rings. The molecule has 5 aliphatic rings. The number of H-pyrrole nitrogens is 1. The Morgan fingerprint density at radius 2 is 1.90 bits per heavy atom. The number of aliphatic hydroxyl groups is 1. The van der Waals surface area contributed by atoms with Gasteiger partial charge in [-0.2, -0.15) is 15.1 Å². The van der Waals surface area contributed by atoms with E-state index < -0.39 is 5.60 Å². The second-order valence-corrected chi connectivity index (χ2v) is 9.66. The Hall–Kier alpha value is -2.35. The molecule has 0 radical (unpaired) electrons. The van der Waals surface area contributed by atoms with E-state index in [0.717, 1.165) is 43.6 Å². The van der Waals surface area contributed by atoms with E-state index >= 15 is 0 Å². The van der Waals surface area contributed by atoms with Crippen LogP contribution in [0, 0.1) is 24.7 Å². The molecule has 5 aliphatic carbocycles. The summed E-state index contributed by atoms with van der Waals surface area (Å²) in [6.07, 6.45) is 7.63. The van der Waals surface area contributed by atoms with Crippen LogP contribution in [0.3, 0.4) is 0 Å². The van der Waals surface area contributed by atoms with E-state index in [1.54, 1.807) is 0 Å². The van der Waals surface area contributed by atoms with Crippen LogP contribution in [0.5, 0.6) is 5.88 Å². The Morgan fingerprint density at radius 3 is 2.55 bits per heavy atom. The third-order valence-electron chi connectivity index (χ3n) is 7.01. The maximum absolute atomic E-state index is 10.8. The van der Waals surface area contributed by atoms with Gasteiger partial charge in [0, 0.05) is 23.9 Å². The van der Waals surface area contributed by atoms with Gasteiger partial charge in [0.05, 0.1) is 5.60 Å². The highest BCUT2D eigenvalue weighted by Gasteiger charge is 2.54. The highest BCUT2D eigenvalue weighted by atomic mass is 16.5. The minimum absolute atomic E-state index is 0.272. The van der Waals surface area contributed by atoms with Gasteiger partial charge in [0.1, 0.15) is 11.9 Å². The van der Waals surface area contributed by atoms with E-state index in [1.165, 1.54) is 12.8 Å². The zero-order valence-corrected chi connectivity index (χ0v) is 16.7. The van der Waals surface area contributed by atoms with Crippen molar-refractivity contribution in [2.75, 3.05) is 10.6 Å². The summed E-state index contributed by atoms with van der Waals surface area (Å²) in [5.74, 6) is 4.26. The molecule has 5 fully saturated rings. The topological polar surface area (TPSA) is 108 Å². The fourth-order valence-electron chi connectivity index (χ4n) is 5.95. The zero-order valence-electron chi connectivity index (χ0n) is 16.7. The molecular formula is C21H28N6O2. The normalized spacial score (nSPS) is 35.0. The first kappa shape index (κ1) is 17.5. The van der Waals surface area contributed by atoms with Crippen molar-refractivity contribution in [1.82, 2.24) is 20.2 Å².